The molecule has 5 nitrogen and oxygen atoms in total. The number of hydrogen-bond acceptors (Lipinski definition) is 4. The molecule has 1 saturated heterocycles. The number of hydrogen-bond donors (Lipinski definition) is 2. The summed E-state index contributed by atoms with van der Waals surface area (Å²) in [4.78, 5) is 2.35. The predicted molar refractivity (Wildman–Crippen MR) is 99.2 cm³/mol. The molecule has 4 rings (SSSR count). The lowest BCUT2D eigenvalue weighted by Gasteiger charge is -2.29. The fourth-order valence-corrected chi connectivity index (χ4v) is 5.13. The van der Waals surface area contributed by atoms with Gasteiger partial charge in [-0.1, -0.05) is 28.5 Å². The minimum Gasteiger partial charge on any atom is -0.593 e. The number of alkyl halides is 3. The number of para-hydroxylation sites is 1. The first-order valence-corrected chi connectivity index (χ1v) is 10.4. The van der Waals surface area contributed by atoms with Crippen LogP contribution in [0.25, 0.3) is 0 Å². The molecule has 2 aliphatic rings. The van der Waals surface area contributed by atoms with Crippen molar-refractivity contribution in [1.82, 2.24) is 9.62 Å². The van der Waals surface area contributed by atoms with E-state index in [0.29, 0.717) is 18.8 Å². The second-order valence-electron chi connectivity index (χ2n) is 7.38. The third kappa shape index (κ3) is 3.80. The summed E-state index contributed by atoms with van der Waals surface area (Å²) in [6.45, 7) is 2.08. The van der Waals surface area contributed by atoms with Crippen LogP contribution in [-0.2, 0) is 27.3 Å². The highest BCUT2D eigenvalue weighted by molar-refractivity contribution is 7.96. The molecule has 0 radical (unpaired) electrons. The van der Waals surface area contributed by atoms with Gasteiger partial charge in [-0.05, 0) is 36.2 Å². The van der Waals surface area contributed by atoms with Gasteiger partial charge in [-0.25, -0.2) is 0 Å². The maximum Gasteiger partial charge on any atom is 0.416 e. The van der Waals surface area contributed by atoms with Crippen LogP contribution in [0.2, 0.25) is 0 Å². The van der Waals surface area contributed by atoms with E-state index in [4.69, 9.17) is 0 Å². The molecule has 0 bridgehead atoms. The number of rotatable bonds is 2. The zero-order chi connectivity index (χ0) is 20.0. The molecule has 2 heterocycles. The van der Waals surface area contributed by atoms with Crippen LogP contribution >= 0.6 is 0 Å². The van der Waals surface area contributed by atoms with E-state index in [-0.39, 0.29) is 11.4 Å². The van der Waals surface area contributed by atoms with Gasteiger partial charge in [-0.15, -0.1) is 4.72 Å². The Bertz CT molecular complexity index is 919. The van der Waals surface area contributed by atoms with Gasteiger partial charge in [0, 0.05) is 19.6 Å². The smallest absolute Gasteiger partial charge is 0.416 e. The number of likely N-dealkylation sites (tertiary alicyclic amines) is 1. The first kappa shape index (κ1) is 19.4. The first-order valence-electron chi connectivity index (χ1n) is 8.92. The topological polar surface area (TPSA) is 67.4 Å². The molecule has 0 amide bonds. The third-order valence-electron chi connectivity index (χ3n) is 5.30. The SMILES string of the molecule is O=[S+]1([O-])NCC2(CCN(Cc3ccc(C(F)(F)F)cc3)C2)Nc2ccccc21. The zero-order valence-electron chi connectivity index (χ0n) is 15.0. The molecule has 150 valence electrons. The van der Waals surface area contributed by atoms with Gasteiger partial charge in [0.15, 0.2) is 15.3 Å². The Balaban J connectivity index is 1.49. The molecule has 0 aliphatic carbocycles. The highest BCUT2D eigenvalue weighted by Gasteiger charge is 2.43. The quantitative estimate of drug-likeness (QED) is 0.745. The number of sulfonamides is 1. The number of fused-ring (bicyclic) bond motifs is 1. The van der Waals surface area contributed by atoms with Crippen LogP contribution in [0.15, 0.2) is 53.4 Å². The lowest BCUT2D eigenvalue weighted by molar-refractivity contribution is -0.137. The van der Waals surface area contributed by atoms with E-state index >= 15 is 0 Å². The highest BCUT2D eigenvalue weighted by atomic mass is 32.3. The van der Waals surface area contributed by atoms with E-state index in [1.165, 1.54) is 12.1 Å². The van der Waals surface area contributed by atoms with E-state index in [2.05, 4.69) is 14.9 Å². The highest BCUT2D eigenvalue weighted by Crippen LogP contribution is 2.35. The van der Waals surface area contributed by atoms with Crippen molar-refractivity contribution < 1.29 is 21.9 Å². The molecule has 2 aromatic rings. The van der Waals surface area contributed by atoms with Gasteiger partial charge in [0.05, 0.1) is 23.3 Å². The monoisotopic (exact) mass is 411 g/mol. The summed E-state index contributed by atoms with van der Waals surface area (Å²) < 4.78 is 65.7. The molecule has 0 aromatic heterocycles. The fourth-order valence-electron chi connectivity index (χ4n) is 3.84. The Labute approximate surface area is 162 Å². The van der Waals surface area contributed by atoms with Gasteiger partial charge < -0.3 is 9.87 Å². The van der Waals surface area contributed by atoms with Gasteiger partial charge in [-0.2, -0.15) is 13.2 Å². The zero-order valence-corrected chi connectivity index (χ0v) is 15.8. The molecular weight excluding hydrogens is 391 g/mol. The van der Waals surface area contributed by atoms with E-state index in [9.17, 15) is 21.9 Å². The summed E-state index contributed by atoms with van der Waals surface area (Å²) >= 11 is 0. The first-order chi connectivity index (χ1) is 13.2. The van der Waals surface area contributed by atoms with Gasteiger partial charge in [0.1, 0.15) is 0 Å². The van der Waals surface area contributed by atoms with Crippen LogP contribution in [0.1, 0.15) is 17.5 Å². The van der Waals surface area contributed by atoms with Crippen LogP contribution in [0.4, 0.5) is 18.9 Å². The summed E-state index contributed by atoms with van der Waals surface area (Å²) in [5.74, 6) is 0. The van der Waals surface area contributed by atoms with Crippen molar-refractivity contribution in [2.45, 2.75) is 29.6 Å². The molecule has 28 heavy (non-hydrogen) atoms. The van der Waals surface area contributed by atoms with Crippen molar-refractivity contribution in [2.75, 3.05) is 25.0 Å². The second kappa shape index (κ2) is 6.84. The number of nitrogens with one attached hydrogen (secondary N) is 2. The Morgan fingerprint density at radius 2 is 1.86 bits per heavy atom. The van der Waals surface area contributed by atoms with Crippen LogP contribution in [0, 0.1) is 0 Å². The van der Waals surface area contributed by atoms with Gasteiger partial charge in [0.25, 0.3) is 0 Å². The number of nitrogens with zero attached hydrogens (tertiary/aromatic N) is 1. The van der Waals surface area contributed by atoms with E-state index in [1.54, 1.807) is 24.3 Å². The van der Waals surface area contributed by atoms with Crippen molar-refractivity contribution in [2.24, 2.45) is 0 Å². The summed E-state index contributed by atoms with van der Waals surface area (Å²) in [6, 6.07) is 12.0. The van der Waals surface area contributed by atoms with Crippen LogP contribution in [-0.4, -0.2) is 34.6 Å². The summed E-state index contributed by atoms with van der Waals surface area (Å²) in [6.07, 6.45) is -3.62. The van der Waals surface area contributed by atoms with E-state index in [1.807, 2.05) is 0 Å². The van der Waals surface area contributed by atoms with Crippen molar-refractivity contribution >= 4 is 16.1 Å². The van der Waals surface area contributed by atoms with Crippen molar-refractivity contribution in [3.8, 4) is 0 Å². The number of benzene rings is 2. The molecule has 0 saturated carbocycles. The number of anilines is 1. The van der Waals surface area contributed by atoms with E-state index < -0.39 is 27.7 Å². The van der Waals surface area contributed by atoms with Crippen molar-refractivity contribution in [3.63, 3.8) is 0 Å². The summed E-state index contributed by atoms with van der Waals surface area (Å²) in [5, 5.41) is 3.40. The largest absolute Gasteiger partial charge is 0.593 e. The van der Waals surface area contributed by atoms with Crippen LogP contribution in [0.3, 0.4) is 0 Å². The van der Waals surface area contributed by atoms with Gasteiger partial charge in [-0.3, -0.25) is 4.90 Å². The average molecular weight is 411 g/mol. The van der Waals surface area contributed by atoms with Crippen molar-refractivity contribution in [3.05, 3.63) is 59.7 Å². The molecule has 1 spiro atoms. The minimum absolute atomic E-state index is 0.230. The Hall–Kier alpha value is -1.94. The predicted octanol–water partition coefficient (Wildman–Crippen LogP) is 3.27. The average Bonchev–Trinajstić information content (AvgIpc) is 2.98. The third-order valence-corrected chi connectivity index (χ3v) is 6.76. The molecule has 2 N–H and O–H groups in total. The fraction of sp³-hybridized carbons (Fsp3) is 0.368. The Morgan fingerprint density at radius 1 is 1.14 bits per heavy atom. The van der Waals surface area contributed by atoms with Crippen LogP contribution < -0.4 is 10.0 Å². The van der Waals surface area contributed by atoms with Crippen molar-refractivity contribution in [1.29, 1.82) is 0 Å². The van der Waals surface area contributed by atoms with E-state index in [0.717, 1.165) is 30.7 Å². The lowest BCUT2D eigenvalue weighted by Crippen LogP contribution is -2.49. The standard InChI is InChI=1S/C19H20F3N3O2S/c20-19(21,22)15-7-5-14(6-8-15)11-25-10-9-18(13-25)12-23-28(26,27)17-4-2-1-3-16(17)24-18/h1-8,24H,9-13H2,(H-,23,26,27). The maximum atomic E-state index is 12.7. The normalized spacial score (nSPS) is 28.0. The second-order valence-corrected chi connectivity index (χ2v) is 9.12. The molecular formula is C19H20F3N3O2S. The molecule has 2 unspecified atom stereocenters. The summed E-state index contributed by atoms with van der Waals surface area (Å²) in [7, 11) is -3.57. The minimum atomic E-state index is -4.34. The summed E-state index contributed by atoms with van der Waals surface area (Å²) in [5.41, 5.74) is 0.250. The number of halogens is 3. The molecule has 2 atom stereocenters. The Morgan fingerprint density at radius 3 is 2.57 bits per heavy atom. The lowest BCUT2D eigenvalue weighted by atomic mass is 9.98. The Kier molecular flexibility index (Phi) is 4.73. The molecule has 9 heteroatoms. The molecule has 2 aromatic carbocycles. The van der Waals surface area contributed by atoms with Gasteiger partial charge >= 0.3 is 6.18 Å². The molecule has 2 aliphatic heterocycles. The van der Waals surface area contributed by atoms with Crippen LogP contribution in [0.5, 0.6) is 0 Å². The van der Waals surface area contributed by atoms with Gasteiger partial charge in [0.2, 0.25) is 0 Å². The maximum absolute atomic E-state index is 12.7. The molecule has 1 fully saturated rings.